The summed E-state index contributed by atoms with van der Waals surface area (Å²) in [4.78, 5) is 2.68. The molecule has 1 aliphatic heterocycles. The number of hydrogen-bond donors (Lipinski definition) is 1. The molecule has 2 unspecified atom stereocenters. The summed E-state index contributed by atoms with van der Waals surface area (Å²) >= 11 is 0. The first-order valence-corrected chi connectivity index (χ1v) is 6.68. The molecule has 0 saturated carbocycles. The van der Waals surface area contributed by atoms with Crippen molar-refractivity contribution in [2.24, 2.45) is 5.41 Å². The van der Waals surface area contributed by atoms with E-state index in [1.807, 2.05) is 0 Å². The summed E-state index contributed by atoms with van der Waals surface area (Å²) in [5, 5.41) is 3.69. The van der Waals surface area contributed by atoms with Crippen molar-refractivity contribution in [3.63, 3.8) is 0 Å². The molecule has 0 spiro atoms. The second-order valence-corrected chi connectivity index (χ2v) is 6.99. The van der Waals surface area contributed by atoms with E-state index in [0.29, 0.717) is 23.0 Å². The van der Waals surface area contributed by atoms with Gasteiger partial charge in [-0.2, -0.15) is 0 Å². The maximum Gasteiger partial charge on any atom is 0.0244 e. The first-order valence-electron chi connectivity index (χ1n) is 6.68. The SMILES string of the molecule is CCC(C)(C)N1CC(C(C)(C)C)NCC1C. The van der Waals surface area contributed by atoms with Crippen molar-refractivity contribution >= 4 is 0 Å². The molecule has 1 heterocycles. The van der Waals surface area contributed by atoms with Crippen molar-refractivity contribution in [1.29, 1.82) is 0 Å². The highest BCUT2D eigenvalue weighted by atomic mass is 15.3. The third-order valence-corrected chi connectivity index (χ3v) is 4.26. The molecule has 0 amide bonds. The van der Waals surface area contributed by atoms with Crippen LogP contribution in [0.15, 0.2) is 0 Å². The van der Waals surface area contributed by atoms with Crippen LogP contribution in [-0.2, 0) is 0 Å². The summed E-state index contributed by atoms with van der Waals surface area (Å²) in [6, 6.07) is 1.25. The predicted octanol–water partition coefficient (Wildman–Crippen LogP) is 2.88. The molecule has 1 N–H and O–H groups in total. The van der Waals surface area contributed by atoms with Gasteiger partial charge in [-0.25, -0.2) is 0 Å². The Morgan fingerprint density at radius 2 is 1.75 bits per heavy atom. The molecular formula is C14H30N2. The van der Waals surface area contributed by atoms with Crippen LogP contribution in [0.4, 0.5) is 0 Å². The number of rotatable bonds is 2. The molecule has 0 bridgehead atoms. The molecular weight excluding hydrogens is 196 g/mol. The molecule has 0 aromatic heterocycles. The van der Waals surface area contributed by atoms with Crippen molar-refractivity contribution in [3.05, 3.63) is 0 Å². The first-order chi connectivity index (χ1) is 7.18. The quantitative estimate of drug-likeness (QED) is 0.779. The fraction of sp³-hybridized carbons (Fsp3) is 1.00. The Labute approximate surface area is 102 Å². The summed E-state index contributed by atoms with van der Waals surface area (Å²) in [6.45, 7) is 18.7. The number of nitrogens with one attached hydrogen (secondary N) is 1. The molecule has 1 fully saturated rings. The highest BCUT2D eigenvalue weighted by molar-refractivity contribution is 4.95. The maximum absolute atomic E-state index is 3.69. The van der Waals surface area contributed by atoms with Gasteiger partial charge < -0.3 is 5.32 Å². The van der Waals surface area contributed by atoms with E-state index in [1.165, 1.54) is 13.0 Å². The van der Waals surface area contributed by atoms with E-state index in [9.17, 15) is 0 Å². The maximum atomic E-state index is 3.69. The third-order valence-electron chi connectivity index (χ3n) is 4.26. The highest BCUT2D eigenvalue weighted by Gasteiger charge is 2.37. The summed E-state index contributed by atoms with van der Waals surface area (Å²) in [6.07, 6.45) is 1.22. The van der Waals surface area contributed by atoms with Crippen molar-refractivity contribution in [3.8, 4) is 0 Å². The van der Waals surface area contributed by atoms with Gasteiger partial charge in [-0.05, 0) is 32.6 Å². The van der Waals surface area contributed by atoms with Gasteiger partial charge in [-0.3, -0.25) is 4.90 Å². The summed E-state index contributed by atoms with van der Waals surface area (Å²) < 4.78 is 0. The molecule has 0 radical (unpaired) electrons. The average Bonchev–Trinajstić information content (AvgIpc) is 2.16. The number of piperazine rings is 1. The zero-order valence-corrected chi connectivity index (χ0v) is 12.2. The van der Waals surface area contributed by atoms with Crippen LogP contribution in [0.3, 0.4) is 0 Å². The molecule has 0 aromatic rings. The van der Waals surface area contributed by atoms with E-state index in [0.717, 1.165) is 6.54 Å². The van der Waals surface area contributed by atoms with Crippen LogP contribution in [0.5, 0.6) is 0 Å². The zero-order chi connectivity index (χ0) is 12.6. The molecule has 96 valence electrons. The highest BCUT2D eigenvalue weighted by Crippen LogP contribution is 2.29. The Bertz CT molecular complexity index is 227. The fourth-order valence-electron chi connectivity index (χ4n) is 2.49. The topological polar surface area (TPSA) is 15.3 Å². The summed E-state index contributed by atoms with van der Waals surface area (Å²) in [5.41, 5.74) is 0.674. The van der Waals surface area contributed by atoms with Gasteiger partial charge in [0, 0.05) is 30.7 Å². The van der Waals surface area contributed by atoms with Gasteiger partial charge >= 0.3 is 0 Å². The van der Waals surface area contributed by atoms with Gasteiger partial charge in [0.15, 0.2) is 0 Å². The minimum atomic E-state index is 0.324. The standard InChI is InChI=1S/C14H30N2/c1-8-14(6,7)16-10-12(13(3,4)5)15-9-11(16)2/h11-12,15H,8-10H2,1-7H3. The van der Waals surface area contributed by atoms with Gasteiger partial charge in [0.25, 0.3) is 0 Å². The monoisotopic (exact) mass is 226 g/mol. The second kappa shape index (κ2) is 4.66. The van der Waals surface area contributed by atoms with Gasteiger partial charge in [0.05, 0.1) is 0 Å². The van der Waals surface area contributed by atoms with Gasteiger partial charge in [0.2, 0.25) is 0 Å². The summed E-state index contributed by atoms with van der Waals surface area (Å²) in [7, 11) is 0. The lowest BCUT2D eigenvalue weighted by Crippen LogP contribution is -2.64. The Balaban J connectivity index is 2.77. The molecule has 2 atom stereocenters. The largest absolute Gasteiger partial charge is 0.311 e. The third kappa shape index (κ3) is 2.98. The van der Waals surface area contributed by atoms with Crippen LogP contribution < -0.4 is 5.32 Å². The zero-order valence-electron chi connectivity index (χ0n) is 12.2. The smallest absolute Gasteiger partial charge is 0.0244 e. The molecule has 16 heavy (non-hydrogen) atoms. The van der Waals surface area contributed by atoms with Crippen molar-refractivity contribution in [1.82, 2.24) is 10.2 Å². The minimum Gasteiger partial charge on any atom is -0.311 e. The van der Waals surface area contributed by atoms with E-state index in [1.54, 1.807) is 0 Å². The molecule has 2 nitrogen and oxygen atoms in total. The first kappa shape index (κ1) is 14.0. The van der Waals surface area contributed by atoms with Crippen LogP contribution in [0.1, 0.15) is 54.9 Å². The minimum absolute atomic E-state index is 0.324. The lowest BCUT2D eigenvalue weighted by atomic mass is 9.83. The van der Waals surface area contributed by atoms with Crippen molar-refractivity contribution in [2.75, 3.05) is 13.1 Å². The van der Waals surface area contributed by atoms with E-state index in [4.69, 9.17) is 0 Å². The Kier molecular flexibility index (Phi) is 4.07. The van der Waals surface area contributed by atoms with Crippen molar-refractivity contribution in [2.45, 2.75) is 72.5 Å². The molecule has 0 aliphatic carbocycles. The van der Waals surface area contributed by atoms with Gasteiger partial charge in [0.1, 0.15) is 0 Å². The van der Waals surface area contributed by atoms with E-state index < -0.39 is 0 Å². The Morgan fingerprint density at radius 3 is 2.19 bits per heavy atom. The molecule has 1 aliphatic rings. The van der Waals surface area contributed by atoms with Crippen molar-refractivity contribution < 1.29 is 0 Å². The summed E-state index contributed by atoms with van der Waals surface area (Å²) in [5.74, 6) is 0. The van der Waals surface area contributed by atoms with E-state index in [-0.39, 0.29) is 0 Å². The molecule has 2 heteroatoms. The van der Waals surface area contributed by atoms with E-state index in [2.05, 4.69) is 58.7 Å². The van der Waals surface area contributed by atoms with Gasteiger partial charge in [-0.15, -0.1) is 0 Å². The fourth-order valence-corrected chi connectivity index (χ4v) is 2.49. The van der Waals surface area contributed by atoms with Crippen LogP contribution >= 0.6 is 0 Å². The Hall–Kier alpha value is -0.0800. The average molecular weight is 226 g/mol. The van der Waals surface area contributed by atoms with E-state index >= 15 is 0 Å². The lowest BCUT2D eigenvalue weighted by molar-refractivity contribution is 0.0134. The van der Waals surface area contributed by atoms with Crippen LogP contribution in [-0.4, -0.2) is 35.6 Å². The lowest BCUT2D eigenvalue weighted by Gasteiger charge is -2.50. The predicted molar refractivity (Wildman–Crippen MR) is 71.8 cm³/mol. The normalized spacial score (nSPS) is 29.4. The van der Waals surface area contributed by atoms with Crippen LogP contribution in [0, 0.1) is 5.41 Å². The van der Waals surface area contributed by atoms with Gasteiger partial charge in [-0.1, -0.05) is 27.7 Å². The number of hydrogen-bond acceptors (Lipinski definition) is 2. The molecule has 0 aromatic carbocycles. The van der Waals surface area contributed by atoms with Crippen LogP contribution in [0.25, 0.3) is 0 Å². The second-order valence-electron chi connectivity index (χ2n) is 6.99. The van der Waals surface area contributed by atoms with Crippen LogP contribution in [0.2, 0.25) is 0 Å². The molecule has 1 rings (SSSR count). The number of nitrogens with zero attached hydrogens (tertiary/aromatic N) is 1. The Morgan fingerprint density at radius 1 is 1.19 bits per heavy atom. The molecule has 1 saturated heterocycles.